The van der Waals surface area contributed by atoms with Crippen molar-refractivity contribution >= 4 is 17.2 Å². The molecule has 0 aromatic carbocycles. The smallest absolute Gasteiger partial charge is 0.246 e. The Labute approximate surface area is 141 Å². The molecule has 1 aliphatic rings. The lowest BCUT2D eigenvalue weighted by Crippen LogP contribution is -2.42. The SMILES string of the molecule is C=CC(=O)N(Cc1cccs1)C1CCc2cnn(C(C)C)c2C1. The summed E-state index contributed by atoms with van der Waals surface area (Å²) in [6.45, 7) is 8.64. The fraction of sp³-hybridized carbons (Fsp3) is 0.444. The lowest BCUT2D eigenvalue weighted by molar-refractivity contribution is -0.129. The predicted molar refractivity (Wildman–Crippen MR) is 93.5 cm³/mol. The number of carbonyl (C=O) groups excluding carboxylic acids is 1. The zero-order valence-electron chi connectivity index (χ0n) is 13.7. The minimum absolute atomic E-state index is 0.0162. The maximum atomic E-state index is 12.4. The molecule has 0 radical (unpaired) electrons. The molecule has 5 heteroatoms. The Morgan fingerprint density at radius 3 is 3.09 bits per heavy atom. The second kappa shape index (κ2) is 6.71. The highest BCUT2D eigenvalue weighted by atomic mass is 32.1. The number of nitrogens with zero attached hydrogens (tertiary/aromatic N) is 3. The second-order valence-electron chi connectivity index (χ2n) is 6.30. The Bertz CT molecular complexity index is 687. The third-order valence-corrected chi connectivity index (χ3v) is 5.32. The molecule has 0 N–H and O–H groups in total. The Hall–Kier alpha value is -1.88. The van der Waals surface area contributed by atoms with Crippen LogP contribution < -0.4 is 0 Å². The summed E-state index contributed by atoms with van der Waals surface area (Å²) in [5, 5.41) is 6.58. The van der Waals surface area contributed by atoms with Crippen molar-refractivity contribution in [1.82, 2.24) is 14.7 Å². The van der Waals surface area contributed by atoms with Gasteiger partial charge in [0.05, 0.1) is 12.7 Å². The van der Waals surface area contributed by atoms with E-state index in [-0.39, 0.29) is 11.9 Å². The molecule has 122 valence electrons. The van der Waals surface area contributed by atoms with Gasteiger partial charge in [-0.3, -0.25) is 9.48 Å². The summed E-state index contributed by atoms with van der Waals surface area (Å²) in [5.41, 5.74) is 2.61. The molecular formula is C18H23N3OS. The normalized spacial score (nSPS) is 17.1. The fourth-order valence-corrected chi connectivity index (χ4v) is 3.99. The van der Waals surface area contributed by atoms with Gasteiger partial charge in [0.1, 0.15) is 0 Å². The summed E-state index contributed by atoms with van der Waals surface area (Å²) in [7, 11) is 0. The quantitative estimate of drug-likeness (QED) is 0.786. The highest BCUT2D eigenvalue weighted by Crippen LogP contribution is 2.28. The van der Waals surface area contributed by atoms with Crippen LogP contribution >= 0.6 is 11.3 Å². The van der Waals surface area contributed by atoms with Gasteiger partial charge in [0.15, 0.2) is 0 Å². The zero-order valence-corrected chi connectivity index (χ0v) is 14.6. The molecule has 1 unspecified atom stereocenters. The van der Waals surface area contributed by atoms with Crippen LogP contribution in [0.15, 0.2) is 36.4 Å². The summed E-state index contributed by atoms with van der Waals surface area (Å²) in [6.07, 6.45) is 6.27. The van der Waals surface area contributed by atoms with Gasteiger partial charge in [-0.25, -0.2) is 0 Å². The van der Waals surface area contributed by atoms with Gasteiger partial charge in [-0.15, -0.1) is 11.3 Å². The molecule has 0 saturated carbocycles. The second-order valence-corrected chi connectivity index (χ2v) is 7.33. The van der Waals surface area contributed by atoms with Gasteiger partial charge in [0, 0.05) is 29.1 Å². The Morgan fingerprint density at radius 2 is 2.43 bits per heavy atom. The molecule has 0 bridgehead atoms. The summed E-state index contributed by atoms with van der Waals surface area (Å²) in [5.74, 6) is 0.0162. The van der Waals surface area contributed by atoms with Gasteiger partial charge in [0.2, 0.25) is 5.91 Å². The van der Waals surface area contributed by atoms with Crippen LogP contribution in [-0.4, -0.2) is 26.6 Å². The van der Waals surface area contributed by atoms with Crippen molar-refractivity contribution in [3.05, 3.63) is 52.5 Å². The van der Waals surface area contributed by atoms with Crippen molar-refractivity contribution < 1.29 is 4.79 Å². The first-order valence-corrected chi connectivity index (χ1v) is 8.98. The van der Waals surface area contributed by atoms with Gasteiger partial charge in [0.25, 0.3) is 0 Å². The van der Waals surface area contributed by atoms with Crippen LogP contribution in [-0.2, 0) is 24.2 Å². The molecule has 2 aromatic rings. The van der Waals surface area contributed by atoms with E-state index in [2.05, 4.69) is 41.7 Å². The van der Waals surface area contributed by atoms with Gasteiger partial charge in [-0.1, -0.05) is 12.6 Å². The highest BCUT2D eigenvalue weighted by molar-refractivity contribution is 7.09. The lowest BCUT2D eigenvalue weighted by Gasteiger charge is -2.34. The van der Waals surface area contributed by atoms with Crippen LogP contribution in [0.2, 0.25) is 0 Å². The van der Waals surface area contributed by atoms with Crippen LogP contribution in [0.5, 0.6) is 0 Å². The first-order valence-electron chi connectivity index (χ1n) is 8.10. The average Bonchev–Trinajstić information content (AvgIpc) is 3.20. The molecule has 3 rings (SSSR count). The molecule has 1 aliphatic carbocycles. The molecule has 0 saturated heterocycles. The average molecular weight is 329 g/mol. The van der Waals surface area contributed by atoms with Crippen LogP contribution in [0.4, 0.5) is 0 Å². The van der Waals surface area contributed by atoms with E-state index in [9.17, 15) is 4.79 Å². The topological polar surface area (TPSA) is 38.1 Å². The summed E-state index contributed by atoms with van der Waals surface area (Å²) in [6, 6.07) is 4.67. The maximum Gasteiger partial charge on any atom is 0.246 e. The van der Waals surface area contributed by atoms with E-state index in [0.29, 0.717) is 12.6 Å². The van der Waals surface area contributed by atoms with E-state index in [4.69, 9.17) is 0 Å². The largest absolute Gasteiger partial charge is 0.331 e. The molecular weight excluding hydrogens is 306 g/mol. The summed E-state index contributed by atoms with van der Waals surface area (Å²) >= 11 is 1.69. The number of carbonyl (C=O) groups is 1. The predicted octanol–water partition coefficient (Wildman–Crippen LogP) is 3.60. The number of thiophene rings is 1. The molecule has 23 heavy (non-hydrogen) atoms. The zero-order chi connectivity index (χ0) is 16.4. The van der Waals surface area contributed by atoms with E-state index >= 15 is 0 Å². The first kappa shape index (κ1) is 16.0. The minimum Gasteiger partial charge on any atom is -0.331 e. The van der Waals surface area contributed by atoms with Crippen molar-refractivity contribution in [2.75, 3.05) is 0 Å². The summed E-state index contributed by atoms with van der Waals surface area (Å²) < 4.78 is 2.10. The van der Waals surface area contributed by atoms with Crippen LogP contribution in [0.1, 0.15) is 42.4 Å². The third-order valence-electron chi connectivity index (χ3n) is 4.45. The Balaban J connectivity index is 1.84. The van der Waals surface area contributed by atoms with E-state index < -0.39 is 0 Å². The van der Waals surface area contributed by atoms with E-state index in [1.807, 2.05) is 17.2 Å². The third kappa shape index (κ3) is 3.24. The highest BCUT2D eigenvalue weighted by Gasteiger charge is 2.29. The van der Waals surface area contributed by atoms with E-state index in [1.54, 1.807) is 11.3 Å². The van der Waals surface area contributed by atoms with Crippen molar-refractivity contribution in [1.29, 1.82) is 0 Å². The first-order chi connectivity index (χ1) is 11.1. The number of fused-ring (bicyclic) bond motifs is 1. The maximum absolute atomic E-state index is 12.4. The Morgan fingerprint density at radius 1 is 1.61 bits per heavy atom. The van der Waals surface area contributed by atoms with Gasteiger partial charge in [-0.2, -0.15) is 5.10 Å². The number of amides is 1. The lowest BCUT2D eigenvalue weighted by atomic mass is 9.92. The van der Waals surface area contributed by atoms with Crippen molar-refractivity contribution in [3.63, 3.8) is 0 Å². The standard InChI is InChI=1S/C18H23N3OS/c1-4-18(22)20(12-16-6-5-9-23-16)15-8-7-14-11-19-21(13(2)3)17(14)10-15/h4-6,9,11,13,15H,1,7-8,10,12H2,2-3H3. The number of rotatable bonds is 5. The number of hydrogen-bond acceptors (Lipinski definition) is 3. The van der Waals surface area contributed by atoms with Crippen molar-refractivity contribution in [3.8, 4) is 0 Å². The van der Waals surface area contributed by atoms with Crippen LogP contribution in [0, 0.1) is 0 Å². The minimum atomic E-state index is 0.0162. The molecule has 2 aromatic heterocycles. The fourth-order valence-electron chi connectivity index (χ4n) is 3.29. The monoisotopic (exact) mass is 329 g/mol. The van der Waals surface area contributed by atoms with Gasteiger partial charge >= 0.3 is 0 Å². The number of hydrogen-bond donors (Lipinski definition) is 0. The number of aryl methyl sites for hydroxylation is 1. The van der Waals surface area contributed by atoms with Gasteiger partial charge < -0.3 is 4.90 Å². The van der Waals surface area contributed by atoms with Crippen LogP contribution in [0.25, 0.3) is 0 Å². The molecule has 2 heterocycles. The molecule has 0 spiro atoms. The molecule has 0 fully saturated rings. The van der Waals surface area contributed by atoms with Crippen molar-refractivity contribution in [2.24, 2.45) is 0 Å². The summed E-state index contributed by atoms with van der Waals surface area (Å²) in [4.78, 5) is 15.6. The van der Waals surface area contributed by atoms with Crippen molar-refractivity contribution in [2.45, 2.75) is 51.7 Å². The Kier molecular flexibility index (Phi) is 4.66. The molecule has 1 atom stereocenters. The molecule has 0 aliphatic heterocycles. The van der Waals surface area contributed by atoms with Crippen LogP contribution in [0.3, 0.4) is 0 Å². The molecule has 1 amide bonds. The number of aromatic nitrogens is 2. The van der Waals surface area contributed by atoms with E-state index in [1.165, 1.54) is 22.2 Å². The molecule has 4 nitrogen and oxygen atoms in total. The van der Waals surface area contributed by atoms with Gasteiger partial charge in [-0.05, 0) is 49.8 Å². The van der Waals surface area contributed by atoms with E-state index in [0.717, 1.165) is 19.3 Å².